The molecule has 64 heavy (non-hydrogen) atoms. The fourth-order valence-corrected chi connectivity index (χ4v) is 10.4. The number of para-hydroxylation sites is 2. The first kappa shape index (κ1) is 37.6. The Balaban J connectivity index is 1.04. The van der Waals surface area contributed by atoms with E-state index in [1.54, 1.807) is 0 Å². The zero-order chi connectivity index (χ0) is 42.6. The zero-order valence-electron chi connectivity index (χ0n) is 35.4. The van der Waals surface area contributed by atoms with E-state index in [0.29, 0.717) is 0 Å². The van der Waals surface area contributed by atoms with Crippen molar-refractivity contribution in [1.82, 2.24) is 0 Å². The molecule has 0 N–H and O–H groups in total. The molecule has 11 aromatic rings. The molecule has 0 amide bonds. The Hall–Kier alpha value is -8.20. The van der Waals surface area contributed by atoms with Crippen molar-refractivity contribution in [1.29, 1.82) is 0 Å². The molecule has 0 radical (unpaired) electrons. The van der Waals surface area contributed by atoms with Gasteiger partial charge in [0, 0.05) is 33.3 Å². The van der Waals surface area contributed by atoms with Gasteiger partial charge in [0.1, 0.15) is 11.2 Å². The molecule has 0 aliphatic heterocycles. The van der Waals surface area contributed by atoms with Gasteiger partial charge in [-0.1, -0.05) is 206 Å². The van der Waals surface area contributed by atoms with Gasteiger partial charge in [0.25, 0.3) is 0 Å². The van der Waals surface area contributed by atoms with Crippen molar-refractivity contribution in [3.8, 4) is 44.5 Å². The predicted molar refractivity (Wildman–Crippen MR) is 267 cm³/mol. The van der Waals surface area contributed by atoms with E-state index < -0.39 is 5.41 Å². The molecular weight excluding hydrogens is 775 g/mol. The molecule has 0 fully saturated rings. The van der Waals surface area contributed by atoms with Crippen LogP contribution in [0.25, 0.3) is 66.4 Å². The second-order valence-electron chi connectivity index (χ2n) is 16.8. The first-order chi connectivity index (χ1) is 31.7. The van der Waals surface area contributed by atoms with Crippen LogP contribution in [0.3, 0.4) is 0 Å². The number of benzene rings is 10. The average Bonchev–Trinajstić information content (AvgIpc) is 3.90. The van der Waals surface area contributed by atoms with E-state index in [0.717, 1.165) is 50.1 Å². The van der Waals surface area contributed by atoms with Gasteiger partial charge in [0.05, 0.1) is 11.1 Å². The summed E-state index contributed by atoms with van der Waals surface area (Å²) in [6, 6.07) is 88.3. The maximum atomic E-state index is 6.51. The Morgan fingerprint density at radius 3 is 1.59 bits per heavy atom. The lowest BCUT2D eigenvalue weighted by Crippen LogP contribution is -2.28. The maximum Gasteiger partial charge on any atom is 0.143 e. The Labute approximate surface area is 374 Å². The van der Waals surface area contributed by atoms with Crippen LogP contribution in [0.15, 0.2) is 247 Å². The summed E-state index contributed by atoms with van der Waals surface area (Å²) in [5.74, 6) is 0. The van der Waals surface area contributed by atoms with E-state index in [1.807, 2.05) is 12.1 Å². The number of rotatable bonds is 8. The summed E-state index contributed by atoms with van der Waals surface area (Å²) in [7, 11) is 0. The summed E-state index contributed by atoms with van der Waals surface area (Å²) in [4.78, 5) is 2.45. The maximum absolute atomic E-state index is 6.51. The van der Waals surface area contributed by atoms with Crippen LogP contribution < -0.4 is 4.90 Å². The number of nitrogens with zero attached hydrogens (tertiary/aromatic N) is 1. The van der Waals surface area contributed by atoms with Crippen molar-refractivity contribution in [3.63, 3.8) is 0 Å². The van der Waals surface area contributed by atoms with Gasteiger partial charge in [-0.3, -0.25) is 0 Å². The summed E-state index contributed by atoms with van der Waals surface area (Å²) in [5, 5.41) is 2.26. The molecule has 0 atom stereocenters. The Kier molecular flexibility index (Phi) is 8.98. The molecule has 0 saturated heterocycles. The van der Waals surface area contributed by atoms with Crippen molar-refractivity contribution in [2.24, 2.45) is 0 Å². The number of hydrogen-bond donors (Lipinski definition) is 0. The van der Waals surface area contributed by atoms with E-state index in [1.165, 1.54) is 61.2 Å². The fourth-order valence-electron chi connectivity index (χ4n) is 10.4. The number of hydrogen-bond acceptors (Lipinski definition) is 2. The van der Waals surface area contributed by atoms with E-state index >= 15 is 0 Å². The van der Waals surface area contributed by atoms with Gasteiger partial charge in [-0.15, -0.1) is 0 Å². The van der Waals surface area contributed by atoms with Crippen LogP contribution in [0, 0.1) is 6.92 Å². The second kappa shape index (κ2) is 15.3. The van der Waals surface area contributed by atoms with Gasteiger partial charge < -0.3 is 9.32 Å². The van der Waals surface area contributed by atoms with Gasteiger partial charge in [-0.2, -0.15) is 0 Å². The van der Waals surface area contributed by atoms with E-state index in [9.17, 15) is 0 Å². The van der Waals surface area contributed by atoms with Crippen molar-refractivity contribution < 1.29 is 4.42 Å². The van der Waals surface area contributed by atoms with Crippen LogP contribution >= 0.6 is 0 Å². The third-order valence-electron chi connectivity index (χ3n) is 13.3. The Morgan fingerprint density at radius 2 is 0.906 bits per heavy atom. The Morgan fingerprint density at radius 1 is 0.375 bits per heavy atom. The molecule has 1 heterocycles. The number of furan rings is 1. The summed E-state index contributed by atoms with van der Waals surface area (Å²) in [5.41, 5.74) is 20.4. The Bertz CT molecular complexity index is 3440. The van der Waals surface area contributed by atoms with Gasteiger partial charge in [-0.05, 0) is 105 Å². The average molecular weight is 818 g/mol. The summed E-state index contributed by atoms with van der Waals surface area (Å²) >= 11 is 0. The van der Waals surface area contributed by atoms with Crippen LogP contribution in [0.4, 0.5) is 17.1 Å². The second-order valence-corrected chi connectivity index (χ2v) is 16.8. The van der Waals surface area contributed by atoms with Crippen LogP contribution in [-0.4, -0.2) is 0 Å². The molecule has 0 spiro atoms. The summed E-state index contributed by atoms with van der Waals surface area (Å²) < 4.78 is 6.51. The highest BCUT2D eigenvalue weighted by molar-refractivity contribution is 6.09. The molecule has 2 heteroatoms. The van der Waals surface area contributed by atoms with Crippen molar-refractivity contribution in [2.45, 2.75) is 12.3 Å². The number of anilines is 3. The molecule has 0 bridgehead atoms. The summed E-state index contributed by atoms with van der Waals surface area (Å²) in [6.45, 7) is 2.21. The predicted octanol–water partition coefficient (Wildman–Crippen LogP) is 16.7. The molecule has 12 rings (SSSR count). The quantitative estimate of drug-likeness (QED) is 0.152. The smallest absolute Gasteiger partial charge is 0.143 e. The van der Waals surface area contributed by atoms with Gasteiger partial charge in [0.15, 0.2) is 0 Å². The SMILES string of the molecule is Cc1cc(-c2ccccc2)ccc1-c1ccc(N(c2ccc(-c3cccc4c3oc3ccccc34)cc2)c2cccc3c2-c2ccccc2C3(c2ccccc2)c2ccccc2)cc1. The number of fused-ring (bicyclic) bond motifs is 6. The van der Waals surface area contributed by atoms with E-state index in [-0.39, 0.29) is 0 Å². The van der Waals surface area contributed by atoms with Crippen molar-refractivity contribution >= 4 is 39.0 Å². The standard InChI is InChI=1S/C62H43NO/c1-42-41-46(43-17-5-2-6-18-43)35-40-51(42)44-31-36-49(37-32-44)63(50-38-33-45(34-39-50)52-25-15-26-54-53-23-12-14-30-59(53)64-61(52)54)58-29-16-28-57-60(58)55-24-11-13-27-56(55)62(57,47-19-7-3-8-20-47)48-21-9-4-10-22-48/h2-41H,1H3. The van der Waals surface area contributed by atoms with E-state index in [4.69, 9.17) is 4.42 Å². The van der Waals surface area contributed by atoms with Crippen molar-refractivity contribution in [3.05, 3.63) is 270 Å². The topological polar surface area (TPSA) is 16.4 Å². The lowest BCUT2D eigenvalue weighted by Gasteiger charge is -2.34. The van der Waals surface area contributed by atoms with Gasteiger partial charge in [0.2, 0.25) is 0 Å². The van der Waals surface area contributed by atoms with E-state index in [2.05, 4.69) is 242 Å². The molecule has 1 aromatic heterocycles. The molecule has 0 saturated carbocycles. The van der Waals surface area contributed by atoms with Gasteiger partial charge >= 0.3 is 0 Å². The highest BCUT2D eigenvalue weighted by atomic mass is 16.3. The fraction of sp³-hybridized carbons (Fsp3) is 0.0323. The highest BCUT2D eigenvalue weighted by Crippen LogP contribution is 2.59. The minimum atomic E-state index is -0.515. The van der Waals surface area contributed by atoms with Crippen LogP contribution in [0.1, 0.15) is 27.8 Å². The molecule has 1 aliphatic rings. The zero-order valence-corrected chi connectivity index (χ0v) is 35.4. The third-order valence-corrected chi connectivity index (χ3v) is 13.3. The summed E-state index contributed by atoms with van der Waals surface area (Å²) in [6.07, 6.45) is 0. The molecule has 0 unspecified atom stereocenters. The minimum Gasteiger partial charge on any atom is -0.455 e. The lowest BCUT2D eigenvalue weighted by atomic mass is 9.68. The first-order valence-corrected chi connectivity index (χ1v) is 22.1. The van der Waals surface area contributed by atoms with Crippen LogP contribution in [0.2, 0.25) is 0 Å². The highest BCUT2D eigenvalue weighted by Gasteiger charge is 2.47. The molecule has 302 valence electrons. The molecule has 2 nitrogen and oxygen atoms in total. The monoisotopic (exact) mass is 817 g/mol. The lowest BCUT2D eigenvalue weighted by molar-refractivity contribution is 0.670. The largest absolute Gasteiger partial charge is 0.455 e. The molecular formula is C62H43NO. The third kappa shape index (κ3) is 5.95. The minimum absolute atomic E-state index is 0.515. The van der Waals surface area contributed by atoms with Crippen molar-refractivity contribution in [2.75, 3.05) is 4.90 Å². The normalized spacial score (nSPS) is 12.6. The van der Waals surface area contributed by atoms with Crippen LogP contribution in [-0.2, 0) is 5.41 Å². The number of aryl methyl sites for hydroxylation is 1. The molecule has 10 aromatic carbocycles. The van der Waals surface area contributed by atoms with Crippen LogP contribution in [0.5, 0.6) is 0 Å². The molecule has 1 aliphatic carbocycles. The first-order valence-electron chi connectivity index (χ1n) is 22.1. The van der Waals surface area contributed by atoms with Gasteiger partial charge in [-0.25, -0.2) is 0 Å².